The number of rotatable bonds is 5. The largest absolute Gasteiger partial charge is 0.323 e. The first-order chi connectivity index (χ1) is 11.7. The molecular formula is C18H23N5O. The van der Waals surface area contributed by atoms with Crippen LogP contribution >= 0.6 is 0 Å². The standard InChI is InChI=1S/C18H23N5O/c1-22-17(10-16(21-22)14-5-2-6-14)20-18(24)23(15-7-8-15)12-13-4-3-9-19-11-13/h3-4,9-11,14-15H,2,5-8,12H2,1H3,(H,20,24). The van der Waals surface area contributed by atoms with Gasteiger partial charge in [0.25, 0.3) is 0 Å². The molecule has 2 aromatic heterocycles. The fraction of sp³-hybridized carbons (Fsp3) is 0.500. The summed E-state index contributed by atoms with van der Waals surface area (Å²) in [5.74, 6) is 1.34. The van der Waals surface area contributed by atoms with Crippen LogP contribution in [-0.4, -0.2) is 31.7 Å². The highest BCUT2D eigenvalue weighted by atomic mass is 16.2. The Morgan fingerprint density at radius 2 is 2.21 bits per heavy atom. The molecule has 6 nitrogen and oxygen atoms in total. The van der Waals surface area contributed by atoms with Gasteiger partial charge >= 0.3 is 6.03 Å². The Morgan fingerprint density at radius 3 is 2.83 bits per heavy atom. The van der Waals surface area contributed by atoms with E-state index in [0.717, 1.165) is 29.9 Å². The van der Waals surface area contributed by atoms with Gasteiger partial charge < -0.3 is 4.90 Å². The fourth-order valence-corrected chi connectivity index (χ4v) is 3.13. The molecule has 1 N–H and O–H groups in total. The first-order valence-corrected chi connectivity index (χ1v) is 8.71. The van der Waals surface area contributed by atoms with Crippen LogP contribution in [0.2, 0.25) is 0 Å². The highest BCUT2D eigenvalue weighted by molar-refractivity contribution is 5.89. The van der Waals surface area contributed by atoms with Crippen LogP contribution in [0, 0.1) is 0 Å². The molecule has 0 aromatic carbocycles. The Labute approximate surface area is 141 Å². The van der Waals surface area contributed by atoms with Gasteiger partial charge in [-0.05, 0) is 37.3 Å². The third-order valence-electron chi connectivity index (χ3n) is 4.98. The number of amides is 2. The van der Waals surface area contributed by atoms with Gasteiger partial charge in [0.05, 0.1) is 5.69 Å². The number of hydrogen-bond donors (Lipinski definition) is 1. The Balaban J connectivity index is 1.46. The van der Waals surface area contributed by atoms with Crippen LogP contribution < -0.4 is 5.32 Å². The molecule has 0 atom stereocenters. The summed E-state index contributed by atoms with van der Waals surface area (Å²) in [5.41, 5.74) is 2.16. The molecule has 2 heterocycles. The van der Waals surface area contributed by atoms with Crippen molar-refractivity contribution in [2.75, 3.05) is 5.32 Å². The quantitative estimate of drug-likeness (QED) is 0.917. The molecule has 0 spiro atoms. The van der Waals surface area contributed by atoms with Gasteiger partial charge in [0.15, 0.2) is 0 Å². The molecule has 24 heavy (non-hydrogen) atoms. The van der Waals surface area contributed by atoms with Gasteiger partial charge in [-0.25, -0.2) is 4.79 Å². The van der Waals surface area contributed by atoms with Crippen molar-refractivity contribution in [3.8, 4) is 0 Å². The predicted molar refractivity (Wildman–Crippen MR) is 91.6 cm³/mol. The number of nitrogens with zero attached hydrogens (tertiary/aromatic N) is 4. The van der Waals surface area contributed by atoms with Gasteiger partial charge in [-0.3, -0.25) is 15.0 Å². The third-order valence-corrected chi connectivity index (χ3v) is 4.98. The fourth-order valence-electron chi connectivity index (χ4n) is 3.13. The zero-order valence-electron chi connectivity index (χ0n) is 14.0. The van der Waals surface area contributed by atoms with Crippen LogP contribution in [0.3, 0.4) is 0 Å². The summed E-state index contributed by atoms with van der Waals surface area (Å²) in [4.78, 5) is 18.8. The van der Waals surface area contributed by atoms with E-state index in [1.807, 2.05) is 36.3 Å². The van der Waals surface area contributed by atoms with Gasteiger partial charge in [0, 0.05) is 44.0 Å². The van der Waals surface area contributed by atoms with E-state index in [9.17, 15) is 4.79 Å². The smallest absolute Gasteiger partial charge is 0.317 e. The SMILES string of the molecule is Cn1nc(C2CCC2)cc1NC(=O)N(Cc1cccnc1)C1CC1. The Kier molecular flexibility index (Phi) is 3.96. The number of anilines is 1. The van der Waals surface area contributed by atoms with Crippen LogP contribution in [0.4, 0.5) is 10.6 Å². The summed E-state index contributed by atoms with van der Waals surface area (Å²) in [6.07, 6.45) is 9.42. The van der Waals surface area contributed by atoms with E-state index < -0.39 is 0 Å². The van der Waals surface area contributed by atoms with Crippen molar-refractivity contribution in [3.63, 3.8) is 0 Å². The van der Waals surface area contributed by atoms with Crippen molar-refractivity contribution in [2.24, 2.45) is 7.05 Å². The van der Waals surface area contributed by atoms with Crippen LogP contribution in [0.25, 0.3) is 0 Å². The summed E-state index contributed by atoms with van der Waals surface area (Å²) in [5, 5.41) is 7.61. The Hall–Kier alpha value is -2.37. The van der Waals surface area contributed by atoms with Crippen molar-refractivity contribution >= 4 is 11.8 Å². The summed E-state index contributed by atoms with van der Waals surface area (Å²) in [6, 6.07) is 6.23. The van der Waals surface area contributed by atoms with Crippen LogP contribution in [0.5, 0.6) is 0 Å². The summed E-state index contributed by atoms with van der Waals surface area (Å²) < 4.78 is 1.78. The van der Waals surface area contributed by atoms with Gasteiger partial charge in [0.2, 0.25) is 0 Å². The maximum absolute atomic E-state index is 12.8. The van der Waals surface area contributed by atoms with E-state index >= 15 is 0 Å². The highest BCUT2D eigenvalue weighted by Crippen LogP contribution is 2.36. The normalized spacial score (nSPS) is 17.4. The molecule has 2 aliphatic carbocycles. The van der Waals surface area contributed by atoms with E-state index in [1.165, 1.54) is 19.3 Å². The molecule has 2 aromatic rings. The number of urea groups is 1. The van der Waals surface area contributed by atoms with E-state index in [0.29, 0.717) is 18.5 Å². The number of carbonyl (C=O) groups excluding carboxylic acids is 1. The van der Waals surface area contributed by atoms with Crippen LogP contribution in [-0.2, 0) is 13.6 Å². The van der Waals surface area contributed by atoms with E-state index in [4.69, 9.17) is 0 Å². The number of aromatic nitrogens is 3. The van der Waals surface area contributed by atoms with Crippen molar-refractivity contribution in [3.05, 3.63) is 41.9 Å². The molecule has 2 amide bonds. The van der Waals surface area contributed by atoms with E-state index in [-0.39, 0.29) is 6.03 Å². The number of aryl methyl sites for hydroxylation is 1. The minimum Gasteiger partial charge on any atom is -0.317 e. The Bertz CT molecular complexity index is 718. The van der Waals surface area contributed by atoms with Gasteiger partial charge in [-0.1, -0.05) is 12.5 Å². The number of pyridine rings is 1. The third kappa shape index (κ3) is 3.13. The van der Waals surface area contributed by atoms with Gasteiger partial charge in [-0.2, -0.15) is 5.10 Å². The molecule has 0 unspecified atom stereocenters. The minimum atomic E-state index is -0.0514. The van der Waals surface area contributed by atoms with Crippen molar-refractivity contribution < 1.29 is 4.79 Å². The lowest BCUT2D eigenvalue weighted by Crippen LogP contribution is -2.36. The molecule has 6 heteroatoms. The zero-order chi connectivity index (χ0) is 16.5. The maximum Gasteiger partial charge on any atom is 0.323 e. The second-order valence-electron chi connectivity index (χ2n) is 6.86. The molecule has 2 saturated carbocycles. The maximum atomic E-state index is 12.8. The molecule has 2 aliphatic rings. The summed E-state index contributed by atoms with van der Waals surface area (Å²) >= 11 is 0. The molecule has 0 saturated heterocycles. The topological polar surface area (TPSA) is 63.1 Å². The average molecular weight is 325 g/mol. The minimum absolute atomic E-state index is 0.0514. The second kappa shape index (κ2) is 6.26. The molecule has 2 fully saturated rings. The molecular weight excluding hydrogens is 302 g/mol. The molecule has 4 rings (SSSR count). The summed E-state index contributed by atoms with van der Waals surface area (Å²) in [6.45, 7) is 0.595. The van der Waals surface area contributed by atoms with Crippen molar-refractivity contribution in [2.45, 2.75) is 50.6 Å². The summed E-state index contributed by atoms with van der Waals surface area (Å²) in [7, 11) is 1.89. The number of carbonyl (C=O) groups is 1. The molecule has 0 aliphatic heterocycles. The van der Waals surface area contributed by atoms with Crippen LogP contribution in [0.1, 0.15) is 49.3 Å². The van der Waals surface area contributed by atoms with Crippen LogP contribution in [0.15, 0.2) is 30.6 Å². The molecule has 0 radical (unpaired) electrons. The highest BCUT2D eigenvalue weighted by Gasteiger charge is 2.33. The first-order valence-electron chi connectivity index (χ1n) is 8.71. The lowest BCUT2D eigenvalue weighted by molar-refractivity contribution is 0.206. The Morgan fingerprint density at radius 1 is 1.38 bits per heavy atom. The van der Waals surface area contributed by atoms with Crippen molar-refractivity contribution in [1.29, 1.82) is 0 Å². The zero-order valence-corrected chi connectivity index (χ0v) is 14.0. The first kappa shape index (κ1) is 15.2. The second-order valence-corrected chi connectivity index (χ2v) is 6.86. The van der Waals surface area contributed by atoms with E-state index in [1.54, 1.807) is 10.9 Å². The van der Waals surface area contributed by atoms with Gasteiger partial charge in [0.1, 0.15) is 5.82 Å². The van der Waals surface area contributed by atoms with Crippen molar-refractivity contribution in [1.82, 2.24) is 19.7 Å². The molecule has 0 bridgehead atoms. The monoisotopic (exact) mass is 325 g/mol. The molecule has 126 valence electrons. The number of nitrogens with one attached hydrogen (secondary N) is 1. The number of hydrogen-bond acceptors (Lipinski definition) is 3. The average Bonchev–Trinajstić information content (AvgIpc) is 3.30. The lowest BCUT2D eigenvalue weighted by Gasteiger charge is -2.23. The predicted octanol–water partition coefficient (Wildman–Crippen LogP) is 3.28. The van der Waals surface area contributed by atoms with E-state index in [2.05, 4.69) is 15.4 Å². The lowest BCUT2D eigenvalue weighted by atomic mass is 9.83. The van der Waals surface area contributed by atoms with Gasteiger partial charge in [-0.15, -0.1) is 0 Å².